The highest BCUT2D eigenvalue weighted by Crippen LogP contribution is 2.22. The molecule has 0 aliphatic heterocycles. The molecule has 7 heteroatoms. The Balaban J connectivity index is 1.67. The van der Waals surface area contributed by atoms with Crippen molar-refractivity contribution in [1.29, 1.82) is 0 Å². The van der Waals surface area contributed by atoms with E-state index < -0.39 is 15.8 Å². The number of pyridine rings is 1. The van der Waals surface area contributed by atoms with Crippen LogP contribution < -0.4 is 4.72 Å². The number of hydrogen-bond donors (Lipinski definition) is 1. The van der Waals surface area contributed by atoms with Crippen molar-refractivity contribution in [2.75, 3.05) is 0 Å². The maximum atomic E-state index is 13.1. The summed E-state index contributed by atoms with van der Waals surface area (Å²) in [7, 11) is -3.56. The minimum Gasteiger partial charge on any atom is -0.264 e. The van der Waals surface area contributed by atoms with Crippen LogP contribution in [0.2, 0.25) is 0 Å². The first kappa shape index (κ1) is 16.8. The summed E-state index contributed by atoms with van der Waals surface area (Å²) >= 11 is 1.59. The van der Waals surface area contributed by atoms with Crippen molar-refractivity contribution in [1.82, 2.24) is 9.71 Å². The number of rotatable bonds is 6. The van der Waals surface area contributed by atoms with E-state index in [0.717, 1.165) is 16.7 Å². The second kappa shape index (κ2) is 7.21. The molecule has 1 aromatic carbocycles. The quantitative estimate of drug-likeness (QED) is 0.729. The average Bonchev–Trinajstić information content (AvgIpc) is 3.07. The SMILES string of the molecule is O=S(=O)(Cc1cccc(F)c1)NCc1cncc(-c2ccsc2)c1. The van der Waals surface area contributed by atoms with E-state index in [9.17, 15) is 12.8 Å². The van der Waals surface area contributed by atoms with Gasteiger partial charge in [-0.15, -0.1) is 0 Å². The summed E-state index contributed by atoms with van der Waals surface area (Å²) in [5, 5.41) is 3.98. The van der Waals surface area contributed by atoms with E-state index >= 15 is 0 Å². The highest BCUT2D eigenvalue weighted by molar-refractivity contribution is 7.88. The number of thiophene rings is 1. The Hall–Kier alpha value is -2.09. The van der Waals surface area contributed by atoms with Gasteiger partial charge in [-0.1, -0.05) is 12.1 Å². The van der Waals surface area contributed by atoms with Crippen molar-refractivity contribution in [2.24, 2.45) is 0 Å². The predicted molar refractivity (Wildman–Crippen MR) is 93.4 cm³/mol. The lowest BCUT2D eigenvalue weighted by atomic mass is 10.1. The van der Waals surface area contributed by atoms with Crippen molar-refractivity contribution >= 4 is 21.4 Å². The van der Waals surface area contributed by atoms with Crippen molar-refractivity contribution in [2.45, 2.75) is 12.3 Å². The van der Waals surface area contributed by atoms with Gasteiger partial charge in [0.1, 0.15) is 5.82 Å². The number of halogens is 1. The van der Waals surface area contributed by atoms with Crippen LogP contribution in [0.15, 0.2) is 59.6 Å². The largest absolute Gasteiger partial charge is 0.264 e. The van der Waals surface area contributed by atoms with Crippen LogP contribution in [0.4, 0.5) is 4.39 Å². The van der Waals surface area contributed by atoms with Gasteiger partial charge in [-0.25, -0.2) is 17.5 Å². The molecule has 0 fully saturated rings. The fraction of sp³-hybridized carbons (Fsp3) is 0.118. The molecule has 0 amide bonds. The molecule has 0 aliphatic carbocycles. The van der Waals surface area contributed by atoms with Gasteiger partial charge in [0.15, 0.2) is 0 Å². The second-order valence-electron chi connectivity index (χ2n) is 5.30. The number of benzene rings is 1. The molecular weight excluding hydrogens is 347 g/mol. The molecule has 0 bridgehead atoms. The van der Waals surface area contributed by atoms with E-state index in [1.807, 2.05) is 22.9 Å². The topological polar surface area (TPSA) is 59.1 Å². The first-order valence-electron chi connectivity index (χ1n) is 7.20. The number of nitrogens with one attached hydrogen (secondary N) is 1. The Labute approximate surface area is 144 Å². The molecule has 3 rings (SSSR count). The first-order valence-corrected chi connectivity index (χ1v) is 9.80. The van der Waals surface area contributed by atoms with Crippen molar-refractivity contribution in [3.8, 4) is 11.1 Å². The predicted octanol–water partition coefficient (Wildman–Crippen LogP) is 3.57. The van der Waals surface area contributed by atoms with Crippen molar-refractivity contribution in [3.63, 3.8) is 0 Å². The number of nitrogens with zero attached hydrogens (tertiary/aromatic N) is 1. The Bertz CT molecular complexity index is 925. The zero-order chi connectivity index (χ0) is 17.0. The molecule has 0 atom stereocenters. The highest BCUT2D eigenvalue weighted by Gasteiger charge is 2.12. The average molecular weight is 362 g/mol. The molecule has 0 saturated carbocycles. The molecule has 2 heterocycles. The molecular formula is C17H15FN2O2S2. The smallest absolute Gasteiger partial charge is 0.216 e. The van der Waals surface area contributed by atoms with Gasteiger partial charge >= 0.3 is 0 Å². The molecule has 124 valence electrons. The van der Waals surface area contributed by atoms with Crippen LogP contribution in [0, 0.1) is 5.82 Å². The zero-order valence-electron chi connectivity index (χ0n) is 12.6. The lowest BCUT2D eigenvalue weighted by molar-refractivity contribution is 0.580. The maximum absolute atomic E-state index is 13.1. The molecule has 1 N–H and O–H groups in total. The monoisotopic (exact) mass is 362 g/mol. The third-order valence-corrected chi connectivity index (χ3v) is 5.37. The Morgan fingerprint density at radius 3 is 2.71 bits per heavy atom. The van der Waals surface area contributed by atoms with E-state index in [-0.39, 0.29) is 12.3 Å². The summed E-state index contributed by atoms with van der Waals surface area (Å²) in [5.74, 6) is -0.710. The lowest BCUT2D eigenvalue weighted by Gasteiger charge is -2.08. The summed E-state index contributed by atoms with van der Waals surface area (Å²) in [6, 6.07) is 9.47. The number of aromatic nitrogens is 1. The van der Waals surface area contributed by atoms with Gasteiger partial charge in [-0.2, -0.15) is 11.3 Å². The van der Waals surface area contributed by atoms with Crippen molar-refractivity contribution < 1.29 is 12.8 Å². The second-order valence-corrected chi connectivity index (χ2v) is 7.89. The fourth-order valence-electron chi connectivity index (χ4n) is 2.26. The van der Waals surface area contributed by atoms with Gasteiger partial charge in [0.25, 0.3) is 0 Å². The minimum absolute atomic E-state index is 0.141. The van der Waals surface area contributed by atoms with Gasteiger partial charge in [0.2, 0.25) is 10.0 Å². The molecule has 0 radical (unpaired) electrons. The molecule has 0 aliphatic rings. The van der Waals surface area contributed by atoms with Gasteiger partial charge in [0.05, 0.1) is 5.75 Å². The van der Waals surface area contributed by atoms with Crippen molar-refractivity contribution in [3.05, 3.63) is 76.5 Å². The van der Waals surface area contributed by atoms with Crippen LogP contribution in [0.3, 0.4) is 0 Å². The molecule has 0 unspecified atom stereocenters. The molecule has 2 aromatic heterocycles. The summed E-state index contributed by atoms with van der Waals surface area (Å²) in [6.07, 6.45) is 3.37. The third kappa shape index (κ3) is 4.47. The van der Waals surface area contributed by atoms with Crippen LogP contribution in [0.5, 0.6) is 0 Å². The summed E-state index contributed by atoms with van der Waals surface area (Å²) in [6.45, 7) is 0.141. The summed E-state index contributed by atoms with van der Waals surface area (Å²) in [4.78, 5) is 4.16. The van der Waals surface area contributed by atoms with E-state index in [0.29, 0.717) is 5.56 Å². The van der Waals surface area contributed by atoms with Crippen LogP contribution in [-0.2, 0) is 22.3 Å². The first-order chi connectivity index (χ1) is 11.5. The molecule has 4 nitrogen and oxygen atoms in total. The van der Waals surface area contributed by atoms with Gasteiger partial charge in [0, 0.05) is 24.5 Å². The van der Waals surface area contributed by atoms with Gasteiger partial charge in [-0.3, -0.25) is 4.98 Å². The highest BCUT2D eigenvalue weighted by atomic mass is 32.2. The Kier molecular flexibility index (Phi) is 5.03. The van der Waals surface area contributed by atoms with Crippen LogP contribution in [-0.4, -0.2) is 13.4 Å². The Morgan fingerprint density at radius 1 is 1.08 bits per heavy atom. The van der Waals surface area contributed by atoms with Crippen LogP contribution in [0.25, 0.3) is 11.1 Å². The standard InChI is InChI=1S/C17H15FN2O2S2/c18-17-3-1-2-13(7-17)12-24(21,22)20-9-14-6-16(10-19-8-14)15-4-5-23-11-15/h1-8,10-11,20H,9,12H2. The summed E-state index contributed by atoms with van der Waals surface area (Å²) in [5.41, 5.74) is 3.17. The van der Waals surface area contributed by atoms with Crippen LogP contribution in [0.1, 0.15) is 11.1 Å². The number of hydrogen-bond acceptors (Lipinski definition) is 4. The Morgan fingerprint density at radius 2 is 1.96 bits per heavy atom. The lowest BCUT2D eigenvalue weighted by Crippen LogP contribution is -2.24. The molecule has 0 saturated heterocycles. The molecule has 3 aromatic rings. The normalized spacial score (nSPS) is 11.5. The molecule has 24 heavy (non-hydrogen) atoms. The van der Waals surface area contributed by atoms with E-state index in [2.05, 4.69) is 9.71 Å². The van der Waals surface area contributed by atoms with E-state index in [1.165, 1.54) is 18.2 Å². The maximum Gasteiger partial charge on any atom is 0.216 e. The van der Waals surface area contributed by atoms with E-state index in [1.54, 1.807) is 29.8 Å². The third-order valence-electron chi connectivity index (χ3n) is 3.39. The minimum atomic E-state index is -3.56. The van der Waals surface area contributed by atoms with Gasteiger partial charge in [-0.05, 0) is 51.7 Å². The number of sulfonamides is 1. The van der Waals surface area contributed by atoms with E-state index in [4.69, 9.17) is 0 Å². The molecule has 0 spiro atoms. The van der Waals surface area contributed by atoms with Crippen LogP contribution >= 0.6 is 11.3 Å². The van der Waals surface area contributed by atoms with Gasteiger partial charge < -0.3 is 0 Å². The zero-order valence-corrected chi connectivity index (χ0v) is 14.3. The fourth-order valence-corrected chi connectivity index (χ4v) is 4.03. The summed E-state index contributed by atoms with van der Waals surface area (Å²) < 4.78 is 40.0.